The molecule has 0 bridgehead atoms. The minimum atomic E-state index is 0.0756. The minimum absolute atomic E-state index is 0.0756. The van der Waals surface area contributed by atoms with E-state index in [1.807, 2.05) is 0 Å². The van der Waals surface area contributed by atoms with Crippen LogP contribution in [-0.2, 0) is 0 Å². The van der Waals surface area contributed by atoms with Crippen molar-refractivity contribution >= 4 is 6.29 Å². The van der Waals surface area contributed by atoms with E-state index in [4.69, 9.17) is 4.52 Å². The maximum Gasteiger partial charge on any atom is 0.290 e. The number of carbonyl (C=O) groups is 1. The van der Waals surface area contributed by atoms with Gasteiger partial charge in [-0.05, 0) is 25.9 Å². The van der Waals surface area contributed by atoms with Crippen LogP contribution in [-0.4, -0.2) is 34.4 Å². The van der Waals surface area contributed by atoms with Gasteiger partial charge in [0, 0.05) is 0 Å². The third kappa shape index (κ3) is 2.07. The highest BCUT2D eigenvalue weighted by molar-refractivity contribution is 5.66. The average molecular weight is 209 g/mol. The molecule has 5 heteroatoms. The maximum atomic E-state index is 10.4. The van der Waals surface area contributed by atoms with E-state index < -0.39 is 0 Å². The molecule has 1 saturated heterocycles. The van der Waals surface area contributed by atoms with Crippen LogP contribution in [0.3, 0.4) is 0 Å². The molecular formula is C10H15N3O2. The lowest BCUT2D eigenvalue weighted by Crippen LogP contribution is -2.33. The van der Waals surface area contributed by atoms with E-state index in [1.165, 1.54) is 12.8 Å². The highest BCUT2D eigenvalue weighted by Gasteiger charge is 2.26. The lowest BCUT2D eigenvalue weighted by Gasteiger charge is -2.32. The lowest BCUT2D eigenvalue weighted by molar-refractivity contribution is 0.108. The zero-order chi connectivity index (χ0) is 10.7. The van der Waals surface area contributed by atoms with Gasteiger partial charge < -0.3 is 4.52 Å². The fourth-order valence-corrected chi connectivity index (χ4v) is 2.09. The molecule has 15 heavy (non-hydrogen) atoms. The Morgan fingerprint density at radius 2 is 2.47 bits per heavy atom. The molecule has 1 atom stereocenters. The fraction of sp³-hybridized carbons (Fsp3) is 0.700. The summed E-state index contributed by atoms with van der Waals surface area (Å²) in [5.41, 5.74) is 0. The molecule has 1 unspecified atom stereocenters. The molecule has 0 aliphatic carbocycles. The Morgan fingerprint density at radius 3 is 3.13 bits per heavy atom. The number of aldehydes is 1. The normalized spacial score (nSPS) is 22.9. The number of piperidine rings is 1. The summed E-state index contributed by atoms with van der Waals surface area (Å²) in [4.78, 5) is 16.8. The van der Waals surface area contributed by atoms with E-state index in [2.05, 4.69) is 22.0 Å². The number of hydrogen-bond acceptors (Lipinski definition) is 5. The molecule has 0 saturated carbocycles. The van der Waals surface area contributed by atoms with Crippen molar-refractivity contribution in [3.8, 4) is 0 Å². The van der Waals surface area contributed by atoms with Crippen LogP contribution in [0.4, 0.5) is 0 Å². The monoisotopic (exact) mass is 209 g/mol. The van der Waals surface area contributed by atoms with Crippen molar-refractivity contribution in [2.45, 2.75) is 32.2 Å². The van der Waals surface area contributed by atoms with E-state index in [-0.39, 0.29) is 11.9 Å². The van der Waals surface area contributed by atoms with E-state index in [9.17, 15) is 4.79 Å². The van der Waals surface area contributed by atoms with Gasteiger partial charge in [-0.3, -0.25) is 9.69 Å². The van der Waals surface area contributed by atoms with Crippen LogP contribution in [0.15, 0.2) is 4.52 Å². The first kappa shape index (κ1) is 10.3. The molecule has 0 amide bonds. The van der Waals surface area contributed by atoms with Crippen molar-refractivity contribution in [1.29, 1.82) is 0 Å². The van der Waals surface area contributed by atoms with Crippen LogP contribution in [0.2, 0.25) is 0 Å². The van der Waals surface area contributed by atoms with Gasteiger partial charge in [0.2, 0.25) is 6.29 Å². The first-order chi connectivity index (χ1) is 7.35. The topological polar surface area (TPSA) is 59.2 Å². The first-order valence-electron chi connectivity index (χ1n) is 5.38. The van der Waals surface area contributed by atoms with Crippen molar-refractivity contribution in [2.24, 2.45) is 0 Å². The van der Waals surface area contributed by atoms with Gasteiger partial charge in [0.15, 0.2) is 5.82 Å². The number of rotatable bonds is 3. The summed E-state index contributed by atoms with van der Waals surface area (Å²) < 4.78 is 4.80. The Bertz CT molecular complexity index is 337. The van der Waals surface area contributed by atoms with Gasteiger partial charge >= 0.3 is 0 Å². The maximum absolute atomic E-state index is 10.4. The molecule has 0 aromatic carbocycles. The zero-order valence-corrected chi connectivity index (χ0v) is 8.85. The smallest absolute Gasteiger partial charge is 0.290 e. The summed E-state index contributed by atoms with van der Waals surface area (Å²) in [5.74, 6) is 0.727. The molecule has 0 spiro atoms. The molecule has 1 aliphatic heterocycles. The number of aromatic nitrogens is 2. The quantitative estimate of drug-likeness (QED) is 0.705. The Hall–Kier alpha value is -1.23. The highest BCUT2D eigenvalue weighted by atomic mass is 16.5. The predicted molar refractivity (Wildman–Crippen MR) is 53.5 cm³/mol. The van der Waals surface area contributed by atoms with Crippen LogP contribution in [0.5, 0.6) is 0 Å². The summed E-state index contributed by atoms with van der Waals surface area (Å²) in [6.45, 7) is 4.18. The van der Waals surface area contributed by atoms with Gasteiger partial charge in [-0.1, -0.05) is 18.5 Å². The zero-order valence-electron chi connectivity index (χ0n) is 8.85. The highest BCUT2D eigenvalue weighted by Crippen LogP contribution is 2.28. The molecule has 0 radical (unpaired) electrons. The van der Waals surface area contributed by atoms with Gasteiger partial charge in [0.1, 0.15) is 0 Å². The standard InChI is InChI=1S/C10H15N3O2/c1-2-13-6-4-3-5-8(13)10-11-9(7-14)15-12-10/h7-8H,2-6H2,1H3. The summed E-state index contributed by atoms with van der Waals surface area (Å²) >= 11 is 0. The SMILES string of the molecule is CCN1CCCCC1c1noc(C=O)n1. The Morgan fingerprint density at radius 1 is 1.60 bits per heavy atom. The molecule has 1 aliphatic rings. The first-order valence-corrected chi connectivity index (χ1v) is 5.38. The second kappa shape index (κ2) is 4.53. The molecule has 82 valence electrons. The molecule has 2 heterocycles. The summed E-state index contributed by atoms with van der Waals surface area (Å²) in [6.07, 6.45) is 4.05. The van der Waals surface area contributed by atoms with Crippen LogP contribution < -0.4 is 0 Å². The summed E-state index contributed by atoms with van der Waals surface area (Å²) in [6, 6.07) is 0.223. The van der Waals surface area contributed by atoms with E-state index >= 15 is 0 Å². The summed E-state index contributed by atoms with van der Waals surface area (Å²) in [5, 5.41) is 3.85. The third-order valence-electron chi connectivity index (χ3n) is 2.88. The van der Waals surface area contributed by atoms with E-state index in [0.717, 1.165) is 19.5 Å². The van der Waals surface area contributed by atoms with E-state index in [1.54, 1.807) is 0 Å². The largest absolute Gasteiger partial charge is 0.331 e. The second-order valence-electron chi connectivity index (χ2n) is 3.75. The number of likely N-dealkylation sites (tertiary alicyclic amines) is 1. The van der Waals surface area contributed by atoms with Crippen LogP contribution in [0.1, 0.15) is 48.7 Å². The predicted octanol–water partition coefficient (Wildman–Crippen LogP) is 1.43. The molecule has 1 aromatic heterocycles. The minimum Gasteiger partial charge on any atom is -0.331 e. The average Bonchev–Trinajstić information content (AvgIpc) is 2.77. The van der Waals surface area contributed by atoms with Gasteiger partial charge in [0.25, 0.3) is 5.89 Å². The van der Waals surface area contributed by atoms with Crippen molar-refractivity contribution in [3.05, 3.63) is 11.7 Å². The van der Waals surface area contributed by atoms with Crippen molar-refractivity contribution in [1.82, 2.24) is 15.0 Å². The molecule has 0 N–H and O–H groups in total. The van der Waals surface area contributed by atoms with Crippen LogP contribution >= 0.6 is 0 Å². The Labute approximate surface area is 88.5 Å². The van der Waals surface area contributed by atoms with E-state index in [0.29, 0.717) is 12.1 Å². The Balaban J connectivity index is 2.16. The number of nitrogens with zero attached hydrogens (tertiary/aromatic N) is 3. The van der Waals surface area contributed by atoms with Gasteiger partial charge in [-0.2, -0.15) is 4.98 Å². The van der Waals surface area contributed by atoms with Crippen molar-refractivity contribution in [3.63, 3.8) is 0 Å². The Kier molecular flexibility index (Phi) is 3.11. The molecule has 1 aromatic rings. The summed E-state index contributed by atoms with van der Waals surface area (Å²) in [7, 11) is 0. The van der Waals surface area contributed by atoms with Crippen molar-refractivity contribution < 1.29 is 9.32 Å². The second-order valence-corrected chi connectivity index (χ2v) is 3.75. The van der Waals surface area contributed by atoms with Gasteiger partial charge in [-0.15, -0.1) is 0 Å². The van der Waals surface area contributed by atoms with Gasteiger partial charge in [-0.25, -0.2) is 0 Å². The fourth-order valence-electron chi connectivity index (χ4n) is 2.09. The number of hydrogen-bond donors (Lipinski definition) is 0. The number of carbonyl (C=O) groups excluding carboxylic acids is 1. The van der Waals surface area contributed by atoms with Crippen LogP contribution in [0.25, 0.3) is 0 Å². The molecular weight excluding hydrogens is 194 g/mol. The lowest BCUT2D eigenvalue weighted by atomic mass is 10.0. The molecule has 1 fully saturated rings. The van der Waals surface area contributed by atoms with Crippen molar-refractivity contribution in [2.75, 3.05) is 13.1 Å². The van der Waals surface area contributed by atoms with Crippen LogP contribution in [0, 0.1) is 0 Å². The molecule has 2 rings (SSSR count). The molecule has 5 nitrogen and oxygen atoms in total. The third-order valence-corrected chi connectivity index (χ3v) is 2.88. The van der Waals surface area contributed by atoms with Gasteiger partial charge in [0.05, 0.1) is 6.04 Å².